The highest BCUT2D eigenvalue weighted by molar-refractivity contribution is 5.69. The summed E-state index contributed by atoms with van der Waals surface area (Å²) in [5, 5.41) is 25.2. The highest BCUT2D eigenvalue weighted by Crippen LogP contribution is 2.44. The number of aliphatic carboxylic acids is 2. The maximum atomic E-state index is 10.8. The smallest absolute Gasteiger partial charge is 0.341 e. The van der Waals surface area contributed by atoms with Gasteiger partial charge in [-0.3, -0.25) is 0 Å². The number of hydrogen-bond acceptors (Lipinski definition) is 8. The molecule has 0 saturated heterocycles. The summed E-state index contributed by atoms with van der Waals surface area (Å²) in [4.78, 5) is 21.6. The maximum Gasteiger partial charge on any atom is 0.341 e. The van der Waals surface area contributed by atoms with Gasteiger partial charge in [0.1, 0.15) is 0 Å². The Morgan fingerprint density at radius 2 is 1.00 bits per heavy atom. The highest BCUT2D eigenvalue weighted by Gasteiger charge is 2.31. The molecule has 61 heavy (non-hydrogen) atoms. The molecule has 0 amide bonds. The van der Waals surface area contributed by atoms with Gasteiger partial charge in [0, 0.05) is 23.0 Å². The van der Waals surface area contributed by atoms with Crippen LogP contribution in [0.3, 0.4) is 0 Å². The Morgan fingerprint density at radius 3 is 1.43 bits per heavy atom. The Hall–Kier alpha value is -6.62. The Kier molecular flexibility index (Phi) is 14.3. The number of ether oxygens (including phenoxy) is 4. The molecule has 0 saturated carbocycles. The van der Waals surface area contributed by atoms with Crippen LogP contribution < -0.4 is 29.6 Å². The van der Waals surface area contributed by atoms with Gasteiger partial charge in [0.05, 0.1) is 24.8 Å². The fraction of sp³-hybridized carbons (Fsp3) is 0.255. The molecule has 6 aromatic carbocycles. The second-order valence-electron chi connectivity index (χ2n) is 15.3. The number of rotatable bonds is 18. The minimum atomic E-state index is -1.00. The summed E-state index contributed by atoms with van der Waals surface area (Å²) in [6.07, 6.45) is 1.80. The number of carbonyl (C=O) groups is 2. The van der Waals surface area contributed by atoms with Gasteiger partial charge in [-0.15, -0.1) is 0 Å². The molecule has 2 aliphatic rings. The predicted octanol–water partition coefficient (Wildman–Crippen LogP) is 8.96. The van der Waals surface area contributed by atoms with Crippen molar-refractivity contribution in [2.75, 3.05) is 39.5 Å². The first-order valence-corrected chi connectivity index (χ1v) is 20.7. The van der Waals surface area contributed by atoms with E-state index in [0.29, 0.717) is 36.2 Å². The van der Waals surface area contributed by atoms with E-state index >= 15 is 0 Å². The number of nitrogens with one attached hydrogen (secondary N) is 2. The standard InChI is InChI=1S/C26H27NO4.C25H25NO4/c1-26(20-9-4-2-5-10-20,21-11-6-3-7-12-21)27-16-15-19-17-31-25-22(19)13-8-14-23(25)30-18-24(28)29;27-23(28)17-29-22-13-7-12-21-20(16-30-25(21)22)14-15-26-24(18-8-3-1-4-9-18)19-10-5-2-6-11-19/h2-14,19,27H,15-18H2,1H3,(H,28,29);1-13,20,24,26H,14-17H2,(H,27,28). The van der Waals surface area contributed by atoms with Crippen molar-refractivity contribution in [3.63, 3.8) is 0 Å². The fourth-order valence-corrected chi connectivity index (χ4v) is 8.08. The van der Waals surface area contributed by atoms with Gasteiger partial charge in [-0.1, -0.05) is 146 Å². The molecule has 6 aromatic rings. The molecule has 2 aliphatic heterocycles. The van der Waals surface area contributed by atoms with E-state index in [0.717, 1.165) is 37.1 Å². The molecular weight excluding hydrogens is 769 g/mol. The van der Waals surface area contributed by atoms with Crippen molar-refractivity contribution in [3.05, 3.63) is 191 Å². The first-order chi connectivity index (χ1) is 29.8. The zero-order chi connectivity index (χ0) is 42.4. The van der Waals surface area contributed by atoms with E-state index in [1.807, 2.05) is 48.5 Å². The predicted molar refractivity (Wildman–Crippen MR) is 235 cm³/mol. The van der Waals surface area contributed by atoms with Crippen LogP contribution in [0, 0.1) is 0 Å². The van der Waals surface area contributed by atoms with Crippen molar-refractivity contribution in [3.8, 4) is 23.0 Å². The van der Waals surface area contributed by atoms with Gasteiger partial charge < -0.3 is 39.8 Å². The summed E-state index contributed by atoms with van der Waals surface area (Å²) in [5.74, 6) is 0.802. The highest BCUT2D eigenvalue weighted by atomic mass is 16.5. The van der Waals surface area contributed by atoms with Crippen molar-refractivity contribution in [1.82, 2.24) is 10.6 Å². The largest absolute Gasteiger partial charge is 0.489 e. The number of para-hydroxylation sites is 2. The molecule has 2 heterocycles. The Labute approximate surface area is 357 Å². The molecule has 4 N–H and O–H groups in total. The maximum absolute atomic E-state index is 10.8. The van der Waals surface area contributed by atoms with Crippen LogP contribution in [-0.4, -0.2) is 61.7 Å². The number of hydrogen-bond donors (Lipinski definition) is 4. The number of fused-ring (bicyclic) bond motifs is 2. The van der Waals surface area contributed by atoms with Gasteiger partial charge in [0.2, 0.25) is 0 Å². The summed E-state index contributed by atoms with van der Waals surface area (Å²) in [7, 11) is 0. The van der Waals surface area contributed by atoms with Crippen molar-refractivity contribution in [1.29, 1.82) is 0 Å². The first-order valence-electron chi connectivity index (χ1n) is 20.7. The van der Waals surface area contributed by atoms with Crippen molar-refractivity contribution in [2.45, 2.75) is 43.2 Å². The molecular formula is C51H52N2O8. The Morgan fingerprint density at radius 1 is 0.590 bits per heavy atom. The lowest BCUT2D eigenvalue weighted by Crippen LogP contribution is -2.41. The third kappa shape index (κ3) is 10.8. The van der Waals surface area contributed by atoms with E-state index in [1.165, 1.54) is 22.3 Å². The quantitative estimate of drug-likeness (QED) is 0.0666. The van der Waals surface area contributed by atoms with Crippen LogP contribution in [0.4, 0.5) is 0 Å². The molecule has 0 aromatic heterocycles. The summed E-state index contributed by atoms with van der Waals surface area (Å²) in [6.45, 7) is 4.23. The van der Waals surface area contributed by atoms with Crippen molar-refractivity contribution >= 4 is 11.9 Å². The minimum absolute atomic E-state index is 0.124. The average molecular weight is 821 g/mol. The van der Waals surface area contributed by atoms with Crippen molar-refractivity contribution in [2.24, 2.45) is 0 Å². The van der Waals surface area contributed by atoms with Gasteiger partial charge in [0.25, 0.3) is 0 Å². The average Bonchev–Trinajstić information content (AvgIpc) is 3.92. The lowest BCUT2D eigenvalue weighted by Gasteiger charge is -2.33. The van der Waals surface area contributed by atoms with E-state index < -0.39 is 11.9 Å². The molecule has 0 aliphatic carbocycles. The Bertz CT molecular complexity index is 2250. The van der Waals surface area contributed by atoms with Crippen molar-refractivity contribution < 1.29 is 38.7 Å². The zero-order valence-electron chi connectivity index (χ0n) is 34.2. The van der Waals surface area contributed by atoms with E-state index in [-0.39, 0.29) is 36.6 Å². The second-order valence-corrected chi connectivity index (χ2v) is 15.3. The summed E-state index contributed by atoms with van der Waals surface area (Å²) < 4.78 is 22.5. The van der Waals surface area contributed by atoms with Gasteiger partial charge >= 0.3 is 11.9 Å². The third-order valence-electron chi connectivity index (χ3n) is 11.2. The number of carboxylic acids is 2. The van der Waals surface area contributed by atoms with E-state index in [1.54, 1.807) is 12.1 Å². The van der Waals surface area contributed by atoms with Gasteiger partial charge in [-0.2, -0.15) is 0 Å². The van der Waals surface area contributed by atoms with Crippen LogP contribution in [0.1, 0.15) is 71.0 Å². The van der Waals surface area contributed by atoms with E-state index in [2.05, 4.69) is 115 Å². The SMILES string of the molecule is CC(NCCC1COc2c(OCC(=O)O)cccc21)(c1ccccc1)c1ccccc1.O=C(O)COc1cccc2c1OCC2CCNC(c1ccccc1)c1ccccc1. The third-order valence-corrected chi connectivity index (χ3v) is 11.2. The van der Waals surface area contributed by atoms with Crippen LogP contribution in [0.25, 0.3) is 0 Å². The molecule has 8 rings (SSSR count). The zero-order valence-corrected chi connectivity index (χ0v) is 34.2. The molecule has 314 valence electrons. The molecule has 0 spiro atoms. The molecule has 0 fully saturated rings. The van der Waals surface area contributed by atoms with Crippen LogP contribution in [0.5, 0.6) is 23.0 Å². The number of benzene rings is 6. The summed E-state index contributed by atoms with van der Waals surface area (Å²) in [6, 6.07) is 53.3. The Balaban J connectivity index is 0.000000184. The molecule has 0 radical (unpaired) electrons. The molecule has 0 bridgehead atoms. The van der Waals surface area contributed by atoms with Crippen LogP contribution >= 0.6 is 0 Å². The number of carboxylic acid groups (broad SMARTS) is 2. The lowest BCUT2D eigenvalue weighted by atomic mass is 9.84. The second kappa shape index (κ2) is 20.6. The summed E-state index contributed by atoms with van der Waals surface area (Å²) in [5.41, 5.74) is 6.74. The van der Waals surface area contributed by atoms with Gasteiger partial charge in [-0.25, -0.2) is 9.59 Å². The van der Waals surface area contributed by atoms with Crippen LogP contribution in [-0.2, 0) is 15.1 Å². The molecule has 2 atom stereocenters. The minimum Gasteiger partial charge on any atom is -0.489 e. The molecule has 2 unspecified atom stereocenters. The first kappa shape index (κ1) is 42.5. The molecule has 10 heteroatoms. The fourth-order valence-electron chi connectivity index (χ4n) is 8.08. The van der Waals surface area contributed by atoms with Gasteiger partial charge in [0.15, 0.2) is 36.2 Å². The summed E-state index contributed by atoms with van der Waals surface area (Å²) >= 11 is 0. The molecule has 10 nitrogen and oxygen atoms in total. The lowest BCUT2D eigenvalue weighted by molar-refractivity contribution is -0.140. The van der Waals surface area contributed by atoms with Crippen LogP contribution in [0.2, 0.25) is 0 Å². The van der Waals surface area contributed by atoms with E-state index in [9.17, 15) is 9.59 Å². The van der Waals surface area contributed by atoms with E-state index in [4.69, 9.17) is 29.2 Å². The van der Waals surface area contributed by atoms with Gasteiger partial charge in [-0.05, 0) is 67.2 Å². The normalized spacial score (nSPS) is 15.0. The topological polar surface area (TPSA) is 136 Å². The monoisotopic (exact) mass is 820 g/mol. The van der Waals surface area contributed by atoms with Crippen LogP contribution in [0.15, 0.2) is 158 Å².